The summed E-state index contributed by atoms with van der Waals surface area (Å²) in [6, 6.07) is 10.2. The molecule has 0 aliphatic heterocycles. The fourth-order valence-electron chi connectivity index (χ4n) is 2.32. The molecule has 3 heterocycles. The molecule has 0 spiro atoms. The zero-order valence-corrected chi connectivity index (χ0v) is 10.9. The van der Waals surface area contributed by atoms with Crippen LogP contribution in [0.3, 0.4) is 0 Å². The largest absolute Gasteiger partial charge is 0.277 e. The van der Waals surface area contributed by atoms with Crippen molar-refractivity contribution in [3.05, 3.63) is 60.9 Å². The van der Waals surface area contributed by atoms with Gasteiger partial charge in [-0.25, -0.2) is 13.9 Å². The predicted octanol–water partition coefficient (Wildman–Crippen LogP) is 2.93. The summed E-state index contributed by atoms with van der Waals surface area (Å²) in [5.41, 5.74) is 4.40. The second kappa shape index (κ2) is 4.52. The molecule has 0 aliphatic rings. The summed E-state index contributed by atoms with van der Waals surface area (Å²) in [6.07, 6.45) is 5.11. The standard InChI is InChI=1S/C15H10FN5/c16-12-3-1-10(2-4-12)15-13(8-18-20-15)11-5-6-21-14(7-11)17-9-19-21/h1-9H,(H,18,20). The van der Waals surface area contributed by atoms with Crippen molar-refractivity contribution in [1.82, 2.24) is 24.8 Å². The lowest BCUT2D eigenvalue weighted by atomic mass is 10.0. The van der Waals surface area contributed by atoms with Gasteiger partial charge in [0.2, 0.25) is 0 Å². The Hall–Kier alpha value is -3.02. The van der Waals surface area contributed by atoms with Gasteiger partial charge < -0.3 is 0 Å². The first-order valence-electron chi connectivity index (χ1n) is 6.40. The Balaban J connectivity index is 1.85. The van der Waals surface area contributed by atoms with Crippen molar-refractivity contribution in [1.29, 1.82) is 0 Å². The first-order chi connectivity index (χ1) is 10.3. The van der Waals surface area contributed by atoms with Crippen LogP contribution in [-0.4, -0.2) is 24.8 Å². The number of benzene rings is 1. The van der Waals surface area contributed by atoms with Gasteiger partial charge in [-0.3, -0.25) is 5.10 Å². The van der Waals surface area contributed by atoms with Crippen LogP contribution in [-0.2, 0) is 0 Å². The zero-order chi connectivity index (χ0) is 14.2. The van der Waals surface area contributed by atoms with Crippen molar-refractivity contribution in [2.24, 2.45) is 0 Å². The third kappa shape index (κ3) is 1.97. The van der Waals surface area contributed by atoms with E-state index >= 15 is 0 Å². The van der Waals surface area contributed by atoms with E-state index in [4.69, 9.17) is 0 Å². The maximum atomic E-state index is 13.0. The number of aromatic nitrogens is 5. The molecule has 0 unspecified atom stereocenters. The van der Waals surface area contributed by atoms with Crippen LogP contribution >= 0.6 is 0 Å². The summed E-state index contributed by atoms with van der Waals surface area (Å²) in [6.45, 7) is 0. The molecule has 1 aromatic carbocycles. The molecule has 0 aliphatic carbocycles. The number of hydrogen-bond donors (Lipinski definition) is 1. The summed E-state index contributed by atoms with van der Waals surface area (Å²) < 4.78 is 14.7. The van der Waals surface area contributed by atoms with Crippen LogP contribution in [0.1, 0.15) is 0 Å². The van der Waals surface area contributed by atoms with Crippen LogP contribution in [0.15, 0.2) is 55.1 Å². The van der Waals surface area contributed by atoms with Crippen LogP contribution in [0, 0.1) is 5.82 Å². The fourth-order valence-corrected chi connectivity index (χ4v) is 2.32. The molecule has 21 heavy (non-hydrogen) atoms. The molecule has 0 bridgehead atoms. The van der Waals surface area contributed by atoms with Crippen LogP contribution in [0.2, 0.25) is 0 Å². The van der Waals surface area contributed by atoms with E-state index in [9.17, 15) is 4.39 Å². The highest BCUT2D eigenvalue weighted by Gasteiger charge is 2.11. The summed E-state index contributed by atoms with van der Waals surface area (Å²) in [4.78, 5) is 4.17. The van der Waals surface area contributed by atoms with Gasteiger partial charge in [-0.15, -0.1) is 0 Å². The quantitative estimate of drug-likeness (QED) is 0.613. The van der Waals surface area contributed by atoms with Crippen molar-refractivity contribution in [3.63, 3.8) is 0 Å². The average Bonchev–Trinajstić information content (AvgIpc) is 3.16. The molecule has 1 N–H and O–H groups in total. The normalized spacial score (nSPS) is 11.1. The summed E-state index contributed by atoms with van der Waals surface area (Å²) in [5, 5.41) is 11.1. The summed E-state index contributed by atoms with van der Waals surface area (Å²) >= 11 is 0. The maximum Gasteiger partial charge on any atom is 0.155 e. The molecular formula is C15H10FN5. The Kier molecular flexibility index (Phi) is 2.53. The monoisotopic (exact) mass is 279 g/mol. The van der Waals surface area contributed by atoms with Gasteiger partial charge in [0, 0.05) is 17.3 Å². The van der Waals surface area contributed by atoms with Crippen LogP contribution < -0.4 is 0 Å². The topological polar surface area (TPSA) is 58.9 Å². The lowest BCUT2D eigenvalue weighted by molar-refractivity contribution is 0.628. The van der Waals surface area contributed by atoms with Gasteiger partial charge in [-0.2, -0.15) is 10.2 Å². The van der Waals surface area contributed by atoms with E-state index in [1.165, 1.54) is 18.5 Å². The highest BCUT2D eigenvalue weighted by molar-refractivity contribution is 5.81. The van der Waals surface area contributed by atoms with E-state index in [-0.39, 0.29) is 5.82 Å². The lowest BCUT2D eigenvalue weighted by Crippen LogP contribution is -1.88. The molecule has 0 saturated carbocycles. The van der Waals surface area contributed by atoms with Crippen LogP contribution in [0.25, 0.3) is 28.0 Å². The fraction of sp³-hybridized carbons (Fsp3) is 0. The van der Waals surface area contributed by atoms with E-state index in [0.717, 1.165) is 28.0 Å². The number of rotatable bonds is 2. The van der Waals surface area contributed by atoms with Crippen molar-refractivity contribution in [3.8, 4) is 22.4 Å². The molecule has 3 aromatic heterocycles. The van der Waals surface area contributed by atoms with E-state index in [2.05, 4.69) is 20.3 Å². The molecule has 6 heteroatoms. The molecule has 0 radical (unpaired) electrons. The lowest BCUT2D eigenvalue weighted by Gasteiger charge is -2.04. The first-order valence-corrected chi connectivity index (χ1v) is 6.40. The summed E-state index contributed by atoms with van der Waals surface area (Å²) in [5.74, 6) is -0.260. The minimum Gasteiger partial charge on any atom is -0.277 e. The first kappa shape index (κ1) is 11.8. The van der Waals surface area contributed by atoms with Crippen molar-refractivity contribution < 1.29 is 4.39 Å². The smallest absolute Gasteiger partial charge is 0.155 e. The van der Waals surface area contributed by atoms with Crippen LogP contribution in [0.5, 0.6) is 0 Å². The molecule has 102 valence electrons. The molecule has 4 aromatic rings. The number of nitrogens with zero attached hydrogens (tertiary/aromatic N) is 4. The Labute approximate surface area is 119 Å². The number of H-pyrrole nitrogens is 1. The molecule has 5 nitrogen and oxygen atoms in total. The molecule has 0 saturated heterocycles. The van der Waals surface area contributed by atoms with Gasteiger partial charge in [0.25, 0.3) is 0 Å². The SMILES string of the molecule is Fc1ccc(-c2[nH]ncc2-c2ccn3ncnc3c2)cc1. The zero-order valence-electron chi connectivity index (χ0n) is 10.9. The van der Waals surface area contributed by atoms with Gasteiger partial charge in [0.05, 0.1) is 11.9 Å². The van der Waals surface area contributed by atoms with Crippen LogP contribution in [0.4, 0.5) is 4.39 Å². The van der Waals surface area contributed by atoms with Gasteiger partial charge in [0.15, 0.2) is 5.65 Å². The molecule has 4 rings (SSSR count). The molecular weight excluding hydrogens is 269 g/mol. The Morgan fingerprint density at radius 1 is 1.05 bits per heavy atom. The van der Waals surface area contributed by atoms with Gasteiger partial charge in [-0.1, -0.05) is 0 Å². The Morgan fingerprint density at radius 2 is 1.90 bits per heavy atom. The maximum absolute atomic E-state index is 13.0. The third-order valence-electron chi connectivity index (χ3n) is 3.36. The Bertz CT molecular complexity index is 907. The van der Waals surface area contributed by atoms with Crippen molar-refractivity contribution >= 4 is 5.65 Å². The highest BCUT2D eigenvalue weighted by Crippen LogP contribution is 2.30. The minimum atomic E-state index is -0.260. The van der Waals surface area contributed by atoms with E-state index < -0.39 is 0 Å². The number of aromatic amines is 1. The second-order valence-electron chi connectivity index (χ2n) is 4.64. The minimum absolute atomic E-state index is 0.260. The van der Waals surface area contributed by atoms with Crippen molar-refractivity contribution in [2.75, 3.05) is 0 Å². The van der Waals surface area contributed by atoms with E-state index in [1.807, 2.05) is 18.3 Å². The number of pyridine rings is 1. The number of nitrogens with one attached hydrogen (secondary N) is 1. The van der Waals surface area contributed by atoms with Gasteiger partial charge >= 0.3 is 0 Å². The highest BCUT2D eigenvalue weighted by atomic mass is 19.1. The summed E-state index contributed by atoms with van der Waals surface area (Å²) in [7, 11) is 0. The molecule has 0 fully saturated rings. The van der Waals surface area contributed by atoms with Gasteiger partial charge in [0.1, 0.15) is 12.1 Å². The molecule has 0 atom stereocenters. The number of hydrogen-bond acceptors (Lipinski definition) is 3. The predicted molar refractivity (Wildman–Crippen MR) is 76.0 cm³/mol. The van der Waals surface area contributed by atoms with E-state index in [1.54, 1.807) is 22.8 Å². The number of halogens is 1. The molecule has 0 amide bonds. The Morgan fingerprint density at radius 3 is 2.76 bits per heavy atom. The van der Waals surface area contributed by atoms with Crippen molar-refractivity contribution in [2.45, 2.75) is 0 Å². The van der Waals surface area contributed by atoms with Gasteiger partial charge in [-0.05, 0) is 42.0 Å². The third-order valence-corrected chi connectivity index (χ3v) is 3.36. The van der Waals surface area contributed by atoms with E-state index in [0.29, 0.717) is 0 Å². The second-order valence-corrected chi connectivity index (χ2v) is 4.64. The number of fused-ring (bicyclic) bond motifs is 1. The average molecular weight is 279 g/mol.